The number of carbonyl (C=O) groups is 2. The molecule has 0 aromatic rings. The van der Waals surface area contributed by atoms with E-state index in [2.05, 4.69) is 18.8 Å². The molecule has 6 heteroatoms. The van der Waals surface area contributed by atoms with Gasteiger partial charge in [0, 0.05) is 24.0 Å². The van der Waals surface area contributed by atoms with Gasteiger partial charge in [0.2, 0.25) is 0 Å². The summed E-state index contributed by atoms with van der Waals surface area (Å²) in [7, 11) is 1.99. The number of amides is 1. The van der Waals surface area contributed by atoms with Crippen LogP contribution in [-0.2, 0) is 9.53 Å². The van der Waals surface area contributed by atoms with Crippen LogP contribution in [0, 0.1) is 5.92 Å². The number of allylic oxidation sites excluding steroid dienone is 3. The van der Waals surface area contributed by atoms with Crippen molar-refractivity contribution in [3.05, 3.63) is 22.5 Å². The maximum Gasteiger partial charge on any atom is 0.410 e. The highest BCUT2D eigenvalue weighted by Gasteiger charge is 2.28. The summed E-state index contributed by atoms with van der Waals surface area (Å²) in [4.78, 5) is 25.5. The van der Waals surface area contributed by atoms with Crippen molar-refractivity contribution in [2.75, 3.05) is 20.1 Å². The van der Waals surface area contributed by atoms with E-state index < -0.39 is 5.60 Å². The summed E-state index contributed by atoms with van der Waals surface area (Å²) in [6.07, 6.45) is 4.54. The van der Waals surface area contributed by atoms with Crippen molar-refractivity contribution >= 4 is 24.1 Å². The van der Waals surface area contributed by atoms with Crippen molar-refractivity contribution < 1.29 is 14.3 Å². The quantitative estimate of drug-likeness (QED) is 0.554. The zero-order chi connectivity index (χ0) is 20.3. The molecule has 0 aliphatic carbocycles. The van der Waals surface area contributed by atoms with E-state index in [1.807, 2.05) is 46.6 Å². The van der Waals surface area contributed by atoms with Gasteiger partial charge in [-0.05, 0) is 72.3 Å². The number of ether oxygens (including phenoxy) is 1. The molecule has 0 aromatic carbocycles. The third-order valence-corrected chi connectivity index (χ3v) is 4.96. The Bertz CT molecular complexity index is 490. The van der Waals surface area contributed by atoms with Crippen LogP contribution >= 0.6 is 11.8 Å². The Morgan fingerprint density at radius 1 is 1.35 bits per heavy atom. The second-order valence-electron chi connectivity index (χ2n) is 7.50. The standard InChI is InChI=1S/C13H26N2O2.C7H10OS/c1-10(14-5)11-6-8-15(9-7-11)12(16)17-13(2,3)4;1-4-7(5-8)9-6(2)3/h10-11,14H,6-9H2,1-5H3;4-5H,2H2,1,3H3/b;7-4-. The normalized spacial score (nSPS) is 17.0. The van der Waals surface area contributed by atoms with Gasteiger partial charge in [-0.25, -0.2) is 4.79 Å². The molecule has 0 spiro atoms. The number of nitrogens with one attached hydrogen (secondary N) is 1. The third-order valence-electron chi connectivity index (χ3n) is 4.05. The van der Waals surface area contributed by atoms with Crippen LogP contribution in [0.5, 0.6) is 0 Å². The minimum atomic E-state index is -0.397. The number of carbonyl (C=O) groups excluding carboxylic acids is 2. The number of thioether (sulfide) groups is 1. The molecule has 1 atom stereocenters. The average molecular weight is 385 g/mol. The molecule has 1 N–H and O–H groups in total. The summed E-state index contributed by atoms with van der Waals surface area (Å²) in [5.41, 5.74) is -0.397. The minimum Gasteiger partial charge on any atom is -0.444 e. The molecule has 0 radical (unpaired) electrons. The Kier molecular flexibility index (Phi) is 11.6. The highest BCUT2D eigenvalue weighted by Crippen LogP contribution is 2.22. The second kappa shape index (κ2) is 12.2. The van der Waals surface area contributed by atoms with Crippen LogP contribution in [-0.4, -0.2) is 49.1 Å². The summed E-state index contributed by atoms with van der Waals surface area (Å²) in [5, 5.41) is 3.28. The lowest BCUT2D eigenvalue weighted by molar-refractivity contribution is -0.104. The van der Waals surface area contributed by atoms with Crippen molar-refractivity contribution in [3.63, 3.8) is 0 Å². The zero-order valence-corrected chi connectivity index (χ0v) is 18.2. The molecule has 26 heavy (non-hydrogen) atoms. The number of aldehydes is 1. The van der Waals surface area contributed by atoms with Gasteiger partial charge >= 0.3 is 6.09 Å². The lowest BCUT2D eigenvalue weighted by Gasteiger charge is -2.35. The summed E-state index contributed by atoms with van der Waals surface area (Å²) in [6, 6.07) is 0.524. The lowest BCUT2D eigenvalue weighted by Crippen LogP contribution is -2.45. The van der Waals surface area contributed by atoms with Crippen LogP contribution in [0.25, 0.3) is 0 Å². The Morgan fingerprint density at radius 2 is 1.88 bits per heavy atom. The van der Waals surface area contributed by atoms with Gasteiger partial charge in [-0.2, -0.15) is 0 Å². The Morgan fingerprint density at radius 3 is 2.19 bits per heavy atom. The molecule has 1 heterocycles. The molecule has 1 aliphatic rings. The van der Waals surface area contributed by atoms with Gasteiger partial charge in [-0.15, -0.1) is 0 Å². The molecule has 1 fully saturated rings. The maximum atomic E-state index is 11.8. The molecule has 0 bridgehead atoms. The molecule has 150 valence electrons. The van der Waals surface area contributed by atoms with Crippen molar-refractivity contribution in [1.82, 2.24) is 10.2 Å². The van der Waals surface area contributed by atoms with Gasteiger partial charge in [-0.3, -0.25) is 4.79 Å². The third kappa shape index (κ3) is 10.7. The second-order valence-corrected chi connectivity index (χ2v) is 8.87. The van der Waals surface area contributed by atoms with Crippen molar-refractivity contribution in [2.45, 2.75) is 66.0 Å². The van der Waals surface area contributed by atoms with Gasteiger partial charge in [0.05, 0.1) is 0 Å². The minimum absolute atomic E-state index is 0.173. The smallest absolute Gasteiger partial charge is 0.410 e. The van der Waals surface area contributed by atoms with Crippen LogP contribution in [0.2, 0.25) is 0 Å². The molecule has 1 unspecified atom stereocenters. The first-order chi connectivity index (χ1) is 12.0. The Hall–Kier alpha value is -1.27. The highest BCUT2D eigenvalue weighted by molar-refractivity contribution is 8.07. The van der Waals surface area contributed by atoms with Crippen molar-refractivity contribution in [2.24, 2.45) is 5.92 Å². The van der Waals surface area contributed by atoms with Crippen LogP contribution in [0.4, 0.5) is 4.79 Å². The number of nitrogens with zero attached hydrogens (tertiary/aromatic N) is 1. The number of hydrogen-bond acceptors (Lipinski definition) is 5. The molecule has 0 aromatic heterocycles. The van der Waals surface area contributed by atoms with Gasteiger partial charge in [-0.1, -0.05) is 24.4 Å². The highest BCUT2D eigenvalue weighted by atomic mass is 32.2. The molecule has 1 saturated heterocycles. The topological polar surface area (TPSA) is 58.6 Å². The average Bonchev–Trinajstić information content (AvgIpc) is 2.58. The van der Waals surface area contributed by atoms with Gasteiger partial charge in [0.25, 0.3) is 0 Å². The van der Waals surface area contributed by atoms with Crippen LogP contribution in [0.1, 0.15) is 54.4 Å². The van der Waals surface area contributed by atoms with Gasteiger partial charge < -0.3 is 15.0 Å². The van der Waals surface area contributed by atoms with E-state index >= 15 is 0 Å². The fraction of sp³-hybridized carbons (Fsp3) is 0.700. The van der Waals surface area contributed by atoms with Crippen molar-refractivity contribution in [3.8, 4) is 0 Å². The number of likely N-dealkylation sites (tertiary alicyclic amines) is 1. The van der Waals surface area contributed by atoms with Gasteiger partial charge in [0.1, 0.15) is 5.60 Å². The van der Waals surface area contributed by atoms with Crippen LogP contribution < -0.4 is 5.32 Å². The largest absolute Gasteiger partial charge is 0.444 e. The first kappa shape index (κ1) is 24.7. The molecular weight excluding hydrogens is 348 g/mol. The number of hydrogen-bond donors (Lipinski definition) is 1. The van der Waals surface area contributed by atoms with E-state index in [4.69, 9.17) is 4.74 Å². The summed E-state index contributed by atoms with van der Waals surface area (Å²) in [5.74, 6) is 0.665. The molecule has 5 nitrogen and oxygen atoms in total. The zero-order valence-electron chi connectivity index (χ0n) is 17.4. The summed E-state index contributed by atoms with van der Waals surface area (Å²) in [6.45, 7) is 16.9. The van der Waals surface area contributed by atoms with Crippen molar-refractivity contribution in [1.29, 1.82) is 0 Å². The van der Waals surface area contributed by atoms with E-state index in [0.717, 1.165) is 42.0 Å². The van der Waals surface area contributed by atoms with Crippen LogP contribution in [0.15, 0.2) is 22.5 Å². The maximum absolute atomic E-state index is 11.8. The Balaban J connectivity index is 0.000000590. The van der Waals surface area contributed by atoms with E-state index in [9.17, 15) is 9.59 Å². The molecule has 1 aliphatic heterocycles. The fourth-order valence-corrected chi connectivity index (χ4v) is 3.06. The predicted molar refractivity (Wildman–Crippen MR) is 111 cm³/mol. The van der Waals surface area contributed by atoms with Gasteiger partial charge in [0.15, 0.2) is 6.29 Å². The summed E-state index contributed by atoms with van der Waals surface area (Å²) < 4.78 is 5.37. The Labute approximate surface area is 163 Å². The number of rotatable bonds is 5. The molecule has 0 saturated carbocycles. The number of piperidine rings is 1. The van der Waals surface area contributed by atoms with E-state index in [1.165, 1.54) is 11.8 Å². The van der Waals surface area contributed by atoms with E-state index in [-0.39, 0.29) is 6.09 Å². The van der Waals surface area contributed by atoms with E-state index in [1.54, 1.807) is 6.08 Å². The van der Waals surface area contributed by atoms with E-state index in [0.29, 0.717) is 12.0 Å². The SMILES string of the molecule is C=C(C)S/C(C=O)=C\C.CNC(C)C1CCN(C(=O)OC(C)(C)C)CC1. The molecular formula is C20H36N2O3S. The first-order valence-electron chi connectivity index (χ1n) is 9.14. The predicted octanol–water partition coefficient (Wildman–Crippen LogP) is 4.60. The monoisotopic (exact) mass is 384 g/mol. The first-order valence-corrected chi connectivity index (χ1v) is 9.95. The summed E-state index contributed by atoms with van der Waals surface area (Å²) >= 11 is 1.40. The fourth-order valence-electron chi connectivity index (χ4n) is 2.50. The molecule has 1 amide bonds. The lowest BCUT2D eigenvalue weighted by atomic mass is 9.90. The van der Waals surface area contributed by atoms with Crippen LogP contribution in [0.3, 0.4) is 0 Å². The molecule has 1 rings (SSSR count).